The van der Waals surface area contributed by atoms with Crippen molar-refractivity contribution < 1.29 is 17.9 Å². The summed E-state index contributed by atoms with van der Waals surface area (Å²) in [5.74, 6) is 0.868. The largest absolute Gasteiger partial charge is 0.675 e. The van der Waals surface area contributed by atoms with Gasteiger partial charge in [-0.2, -0.15) is 13.2 Å². The van der Waals surface area contributed by atoms with Crippen LogP contribution in [0.2, 0.25) is 0 Å². The molecule has 0 fully saturated rings. The van der Waals surface area contributed by atoms with Gasteiger partial charge in [-0.1, -0.05) is 18.2 Å². The van der Waals surface area contributed by atoms with Crippen LogP contribution in [0.15, 0.2) is 36.5 Å². The Labute approximate surface area is 156 Å². The molecule has 148 valence electrons. The van der Waals surface area contributed by atoms with Crippen LogP contribution in [0.5, 0.6) is 5.75 Å². The molecule has 0 saturated heterocycles. The molecule has 0 saturated carbocycles. The molecular weight excluding hydrogens is 359 g/mol. The predicted octanol–water partition coefficient (Wildman–Crippen LogP) is 3.60. The standard InChI is InChI=1S/C10H13F3N4.C8H10NO/c1-6(10(11,12)13)16-9-15-4-7-2-3-14-5-8(7)17-9;9-6-7-10-8-4-2-1-3-5-8/h4,6,14H,2-3,5H2,1H3,(H,15,16,17);1-5,9H,6-7H2/q;-1/t6-;/m0./s1. The van der Waals surface area contributed by atoms with Gasteiger partial charge in [-0.05, 0) is 37.6 Å². The van der Waals surface area contributed by atoms with Crippen molar-refractivity contribution in [2.75, 3.05) is 25.0 Å². The molecule has 2 heterocycles. The van der Waals surface area contributed by atoms with Gasteiger partial charge in [-0.3, -0.25) is 0 Å². The van der Waals surface area contributed by atoms with E-state index in [-0.39, 0.29) is 5.95 Å². The van der Waals surface area contributed by atoms with Gasteiger partial charge in [0.2, 0.25) is 5.95 Å². The van der Waals surface area contributed by atoms with Crippen LogP contribution in [0.25, 0.3) is 5.73 Å². The van der Waals surface area contributed by atoms with Crippen LogP contribution >= 0.6 is 0 Å². The number of halogens is 3. The third-order valence-corrected chi connectivity index (χ3v) is 3.77. The van der Waals surface area contributed by atoms with E-state index < -0.39 is 12.2 Å². The topological polar surface area (TPSA) is 82.9 Å². The SMILES string of the molecule is C[C@H](Nc1ncc2c(n1)CNCC2)C(F)(F)F.[NH-]CCOc1ccccc1. The van der Waals surface area contributed by atoms with Gasteiger partial charge in [0.25, 0.3) is 0 Å². The van der Waals surface area contributed by atoms with E-state index in [1.807, 2.05) is 30.3 Å². The molecule has 1 aliphatic heterocycles. The van der Waals surface area contributed by atoms with Gasteiger partial charge in [0, 0.05) is 12.7 Å². The number of hydrogen-bond acceptors (Lipinski definition) is 5. The molecule has 6 nitrogen and oxygen atoms in total. The van der Waals surface area contributed by atoms with E-state index in [1.54, 1.807) is 6.20 Å². The molecule has 2 aromatic rings. The molecule has 1 aromatic carbocycles. The number of anilines is 1. The fourth-order valence-corrected chi connectivity index (χ4v) is 2.26. The number of hydrogen-bond donors (Lipinski definition) is 2. The molecule has 0 radical (unpaired) electrons. The Bertz CT molecular complexity index is 697. The Morgan fingerprint density at radius 3 is 2.70 bits per heavy atom. The average molecular weight is 382 g/mol. The Kier molecular flexibility index (Phi) is 7.81. The fourth-order valence-electron chi connectivity index (χ4n) is 2.26. The second-order valence-corrected chi connectivity index (χ2v) is 5.91. The Morgan fingerprint density at radius 2 is 2.04 bits per heavy atom. The number of alkyl halides is 3. The summed E-state index contributed by atoms with van der Waals surface area (Å²) in [7, 11) is 0. The third kappa shape index (κ3) is 7.03. The lowest BCUT2D eigenvalue weighted by Gasteiger charge is -2.19. The third-order valence-electron chi connectivity index (χ3n) is 3.77. The van der Waals surface area contributed by atoms with Crippen LogP contribution < -0.4 is 15.4 Å². The quantitative estimate of drug-likeness (QED) is 0.826. The Hall–Kier alpha value is -2.39. The Morgan fingerprint density at radius 1 is 1.30 bits per heavy atom. The van der Waals surface area contributed by atoms with Crippen molar-refractivity contribution in [3.8, 4) is 5.75 Å². The number of fused-ring (bicyclic) bond motifs is 1. The first-order valence-electron chi connectivity index (χ1n) is 8.61. The molecule has 3 rings (SSSR count). The van der Waals surface area contributed by atoms with Crippen molar-refractivity contribution in [1.29, 1.82) is 0 Å². The lowest BCUT2D eigenvalue weighted by atomic mass is 10.1. The van der Waals surface area contributed by atoms with E-state index in [9.17, 15) is 13.2 Å². The average Bonchev–Trinajstić information content (AvgIpc) is 2.67. The highest BCUT2D eigenvalue weighted by molar-refractivity contribution is 5.32. The molecule has 0 bridgehead atoms. The van der Waals surface area contributed by atoms with E-state index in [4.69, 9.17) is 10.5 Å². The first kappa shape index (κ1) is 20.9. The van der Waals surface area contributed by atoms with E-state index in [1.165, 1.54) is 0 Å². The normalized spacial score (nSPS) is 14.4. The van der Waals surface area contributed by atoms with E-state index in [0.717, 1.165) is 36.9 Å². The number of rotatable bonds is 5. The van der Waals surface area contributed by atoms with Gasteiger partial charge >= 0.3 is 6.18 Å². The molecule has 0 aliphatic carbocycles. The lowest BCUT2D eigenvalue weighted by molar-refractivity contribution is -0.138. The van der Waals surface area contributed by atoms with Crippen molar-refractivity contribution in [3.63, 3.8) is 0 Å². The molecule has 1 aromatic heterocycles. The van der Waals surface area contributed by atoms with Crippen molar-refractivity contribution in [2.24, 2.45) is 0 Å². The van der Waals surface area contributed by atoms with Crippen molar-refractivity contribution in [3.05, 3.63) is 53.5 Å². The summed E-state index contributed by atoms with van der Waals surface area (Å²) >= 11 is 0. The molecule has 1 aliphatic rings. The highest BCUT2D eigenvalue weighted by Crippen LogP contribution is 2.22. The predicted molar refractivity (Wildman–Crippen MR) is 97.7 cm³/mol. The van der Waals surface area contributed by atoms with Crippen molar-refractivity contribution in [2.45, 2.75) is 32.1 Å². The number of para-hydroxylation sites is 1. The van der Waals surface area contributed by atoms with Gasteiger partial charge in [0.15, 0.2) is 0 Å². The van der Waals surface area contributed by atoms with Crippen LogP contribution in [0.4, 0.5) is 19.1 Å². The summed E-state index contributed by atoms with van der Waals surface area (Å²) < 4.78 is 42.2. The van der Waals surface area contributed by atoms with Crippen LogP contribution in [-0.4, -0.2) is 41.9 Å². The van der Waals surface area contributed by atoms with Gasteiger partial charge in [-0.15, -0.1) is 6.54 Å². The minimum Gasteiger partial charge on any atom is -0.675 e. The summed E-state index contributed by atoms with van der Waals surface area (Å²) in [4.78, 5) is 7.98. The fraction of sp³-hybridized carbons (Fsp3) is 0.444. The summed E-state index contributed by atoms with van der Waals surface area (Å²) in [5, 5.41) is 5.37. The highest BCUT2D eigenvalue weighted by Gasteiger charge is 2.36. The number of benzene rings is 1. The first-order valence-corrected chi connectivity index (χ1v) is 8.61. The lowest BCUT2D eigenvalue weighted by Crippen LogP contribution is -2.34. The number of nitrogens with one attached hydrogen (secondary N) is 3. The number of ether oxygens (including phenoxy) is 1. The zero-order chi connectivity index (χ0) is 19.7. The summed E-state index contributed by atoms with van der Waals surface area (Å²) in [6, 6.07) is 7.88. The minimum atomic E-state index is -4.29. The molecule has 3 N–H and O–H groups in total. The van der Waals surface area contributed by atoms with Crippen LogP contribution in [0, 0.1) is 0 Å². The van der Waals surface area contributed by atoms with Gasteiger partial charge in [-0.25, -0.2) is 9.97 Å². The van der Waals surface area contributed by atoms with Crippen LogP contribution in [-0.2, 0) is 13.0 Å². The Balaban J connectivity index is 0.000000223. The summed E-state index contributed by atoms with van der Waals surface area (Å²) in [5.41, 5.74) is 8.59. The second-order valence-electron chi connectivity index (χ2n) is 5.91. The van der Waals surface area contributed by atoms with Crippen LogP contribution in [0.3, 0.4) is 0 Å². The summed E-state index contributed by atoms with van der Waals surface area (Å²) in [6.07, 6.45) is -1.89. The number of nitrogens with zero attached hydrogens (tertiary/aromatic N) is 2. The molecule has 9 heteroatoms. The van der Waals surface area contributed by atoms with E-state index in [2.05, 4.69) is 20.6 Å². The van der Waals surface area contributed by atoms with E-state index >= 15 is 0 Å². The zero-order valence-corrected chi connectivity index (χ0v) is 15.0. The van der Waals surface area contributed by atoms with Crippen molar-refractivity contribution >= 4 is 5.95 Å². The molecule has 27 heavy (non-hydrogen) atoms. The molecule has 0 unspecified atom stereocenters. The monoisotopic (exact) mass is 382 g/mol. The maximum Gasteiger partial charge on any atom is 0.408 e. The maximum absolute atomic E-state index is 12.3. The molecule has 0 spiro atoms. The van der Waals surface area contributed by atoms with Gasteiger partial charge in [0.1, 0.15) is 11.8 Å². The van der Waals surface area contributed by atoms with Crippen LogP contribution in [0.1, 0.15) is 18.2 Å². The molecular formula is C18H23F3N5O-. The zero-order valence-electron chi connectivity index (χ0n) is 15.0. The van der Waals surface area contributed by atoms with Crippen molar-refractivity contribution in [1.82, 2.24) is 15.3 Å². The smallest absolute Gasteiger partial charge is 0.408 e. The maximum atomic E-state index is 12.3. The van der Waals surface area contributed by atoms with E-state index in [0.29, 0.717) is 19.7 Å². The summed E-state index contributed by atoms with van der Waals surface area (Å²) in [6.45, 7) is 3.26. The minimum absolute atomic E-state index is 0.0253. The highest BCUT2D eigenvalue weighted by atomic mass is 19.4. The first-order chi connectivity index (χ1) is 12.9. The number of aromatic nitrogens is 2. The second kappa shape index (κ2) is 10.1. The molecule has 1 atom stereocenters. The van der Waals surface area contributed by atoms with Gasteiger partial charge in [0.05, 0.1) is 12.3 Å². The molecule has 0 amide bonds. The van der Waals surface area contributed by atoms with Gasteiger partial charge < -0.3 is 21.1 Å².